The van der Waals surface area contributed by atoms with E-state index in [1.165, 1.54) is 20.8 Å². The number of hydrogen-bond donors (Lipinski definition) is 3. The van der Waals surface area contributed by atoms with Gasteiger partial charge in [0.15, 0.2) is 0 Å². The highest BCUT2D eigenvalue weighted by Gasteiger charge is 2.62. The molecule has 0 radical (unpaired) electrons. The Morgan fingerprint density at radius 3 is 2.08 bits per heavy atom. The molecule has 134 valence electrons. The minimum absolute atomic E-state index is 0.180. The number of piperidine rings is 1. The Balaban J connectivity index is 3.66. The van der Waals surface area contributed by atoms with Gasteiger partial charge in [0.2, 0.25) is 0 Å². The molecular formula is C15H21NO8. The zero-order chi connectivity index (χ0) is 18.9. The van der Waals surface area contributed by atoms with Crippen molar-refractivity contribution >= 4 is 24.0 Å². The molecule has 0 bridgehead atoms. The van der Waals surface area contributed by atoms with Crippen LogP contribution in [0.1, 0.15) is 27.2 Å². The lowest BCUT2D eigenvalue weighted by molar-refractivity contribution is -0.176. The number of ether oxygens (including phenoxy) is 1. The largest absolute Gasteiger partial charge is 0.481 e. The van der Waals surface area contributed by atoms with Crippen LogP contribution in [0.5, 0.6) is 0 Å². The molecule has 1 fully saturated rings. The summed E-state index contributed by atoms with van der Waals surface area (Å²) in [5, 5.41) is 28.7. The number of esters is 1. The van der Waals surface area contributed by atoms with Gasteiger partial charge in [-0.2, -0.15) is 0 Å². The second kappa shape index (κ2) is 6.50. The molecule has 9 nitrogen and oxygen atoms in total. The van der Waals surface area contributed by atoms with Crippen LogP contribution < -0.4 is 0 Å². The van der Waals surface area contributed by atoms with Gasteiger partial charge >= 0.3 is 24.0 Å². The molecule has 2 atom stereocenters. The number of carbonyl (C=O) groups is 4. The summed E-state index contributed by atoms with van der Waals surface area (Å²) in [5.74, 6) is -3.76. The Hall–Kier alpha value is -2.58. The second-order valence-electron chi connectivity index (χ2n) is 6.68. The first-order valence-electron chi connectivity index (χ1n) is 7.11. The predicted octanol–water partition coefficient (Wildman–Crippen LogP) is 1.04. The number of likely N-dealkylation sites (tertiary alicyclic amines) is 1. The maximum atomic E-state index is 12.1. The van der Waals surface area contributed by atoms with E-state index in [-0.39, 0.29) is 18.5 Å². The number of amides is 1. The van der Waals surface area contributed by atoms with Crippen molar-refractivity contribution in [2.75, 3.05) is 13.7 Å². The molecule has 24 heavy (non-hydrogen) atoms. The second-order valence-corrected chi connectivity index (χ2v) is 6.68. The summed E-state index contributed by atoms with van der Waals surface area (Å²) in [5.41, 5.74) is -2.88. The lowest BCUT2D eigenvalue weighted by Crippen LogP contribution is -2.65. The fraction of sp³-hybridized carbons (Fsp3) is 0.600. The summed E-state index contributed by atoms with van der Waals surface area (Å²) < 4.78 is 4.49. The molecule has 1 rings (SSSR count). The van der Waals surface area contributed by atoms with E-state index in [2.05, 4.69) is 4.74 Å². The van der Waals surface area contributed by atoms with Gasteiger partial charge in [0.1, 0.15) is 11.5 Å². The highest BCUT2D eigenvalue weighted by atomic mass is 16.5. The zero-order valence-corrected chi connectivity index (χ0v) is 13.9. The number of carboxylic acids is 2. The molecule has 1 saturated heterocycles. The SMILES string of the molecule is COC(=O)C=C1CN(C(=O)O)[C@H](C(=O)O)[C@@](C(=O)O)(C(C)(C)C)C1. The van der Waals surface area contributed by atoms with E-state index in [1.54, 1.807) is 0 Å². The number of carboxylic acid groups (broad SMARTS) is 3. The average Bonchev–Trinajstić information content (AvgIpc) is 2.44. The van der Waals surface area contributed by atoms with Crippen LogP contribution in [-0.4, -0.2) is 63.9 Å². The van der Waals surface area contributed by atoms with E-state index < -0.39 is 40.9 Å². The Kier molecular flexibility index (Phi) is 5.27. The first-order chi connectivity index (χ1) is 10.9. The summed E-state index contributed by atoms with van der Waals surface area (Å²) in [4.78, 5) is 47.4. The molecular weight excluding hydrogens is 322 g/mol. The van der Waals surface area contributed by atoms with Gasteiger partial charge in [-0.15, -0.1) is 0 Å². The van der Waals surface area contributed by atoms with E-state index in [0.717, 1.165) is 13.2 Å². The number of methoxy groups -OCH3 is 1. The monoisotopic (exact) mass is 343 g/mol. The normalized spacial score (nSPS) is 26.1. The summed E-state index contributed by atoms with van der Waals surface area (Å²) in [6.45, 7) is 4.20. The van der Waals surface area contributed by atoms with Gasteiger partial charge in [-0.3, -0.25) is 9.69 Å². The van der Waals surface area contributed by atoms with E-state index in [9.17, 15) is 34.5 Å². The minimum Gasteiger partial charge on any atom is -0.481 e. The quantitative estimate of drug-likeness (QED) is 0.510. The first-order valence-corrected chi connectivity index (χ1v) is 7.11. The number of nitrogens with zero attached hydrogens (tertiary/aromatic N) is 1. The fourth-order valence-electron chi connectivity index (χ4n) is 3.12. The molecule has 0 unspecified atom stereocenters. The fourth-order valence-corrected chi connectivity index (χ4v) is 3.12. The van der Waals surface area contributed by atoms with Crippen LogP contribution in [-0.2, 0) is 19.1 Å². The van der Waals surface area contributed by atoms with E-state index in [0.29, 0.717) is 4.90 Å². The molecule has 0 aromatic heterocycles. The third kappa shape index (κ3) is 3.19. The molecule has 9 heteroatoms. The van der Waals surface area contributed by atoms with Crippen molar-refractivity contribution in [3.05, 3.63) is 11.6 Å². The molecule has 0 aromatic carbocycles. The third-order valence-electron chi connectivity index (χ3n) is 4.38. The number of hydrogen-bond acceptors (Lipinski definition) is 5. The number of carbonyl (C=O) groups excluding carboxylic acids is 1. The van der Waals surface area contributed by atoms with Crippen molar-refractivity contribution < 1.29 is 39.2 Å². The average molecular weight is 343 g/mol. The molecule has 1 aliphatic heterocycles. The van der Waals surface area contributed by atoms with Crippen molar-refractivity contribution in [1.29, 1.82) is 0 Å². The first kappa shape index (κ1) is 19.5. The van der Waals surface area contributed by atoms with Crippen molar-refractivity contribution in [1.82, 2.24) is 4.90 Å². The van der Waals surface area contributed by atoms with Crippen molar-refractivity contribution in [2.45, 2.75) is 33.2 Å². The maximum absolute atomic E-state index is 12.1. The van der Waals surface area contributed by atoms with Crippen LogP contribution in [0.15, 0.2) is 11.6 Å². The standard InChI is InChI=1S/C15H21NO8/c1-14(2,3)15(12(20)21)6-8(5-9(17)24-4)7-16(13(22)23)10(15)11(18)19/h5,10H,6-7H2,1-4H3,(H,18,19)(H,20,21)(H,22,23)/t10-,15+/m1/s1. The minimum atomic E-state index is -1.95. The third-order valence-corrected chi connectivity index (χ3v) is 4.38. The van der Waals surface area contributed by atoms with Crippen LogP contribution in [0.4, 0.5) is 4.79 Å². The van der Waals surface area contributed by atoms with Gasteiger partial charge in [0, 0.05) is 12.6 Å². The van der Waals surface area contributed by atoms with Crippen LogP contribution in [0, 0.1) is 10.8 Å². The molecule has 1 heterocycles. The molecule has 0 saturated carbocycles. The summed E-state index contributed by atoms with van der Waals surface area (Å²) in [6, 6.07) is -1.79. The van der Waals surface area contributed by atoms with E-state index in [1.807, 2.05) is 0 Å². The molecule has 0 spiro atoms. The maximum Gasteiger partial charge on any atom is 0.408 e. The summed E-state index contributed by atoms with van der Waals surface area (Å²) in [7, 11) is 1.13. The molecule has 0 aliphatic carbocycles. The Morgan fingerprint density at radius 2 is 1.75 bits per heavy atom. The topological polar surface area (TPSA) is 141 Å². The van der Waals surface area contributed by atoms with E-state index in [4.69, 9.17) is 0 Å². The van der Waals surface area contributed by atoms with Crippen LogP contribution in [0.2, 0.25) is 0 Å². The van der Waals surface area contributed by atoms with Crippen molar-refractivity contribution in [3.8, 4) is 0 Å². The molecule has 3 N–H and O–H groups in total. The molecule has 0 aromatic rings. The van der Waals surface area contributed by atoms with Gasteiger partial charge in [-0.05, 0) is 17.4 Å². The van der Waals surface area contributed by atoms with Gasteiger partial charge in [-0.25, -0.2) is 14.4 Å². The Morgan fingerprint density at radius 1 is 1.21 bits per heavy atom. The van der Waals surface area contributed by atoms with Crippen LogP contribution >= 0.6 is 0 Å². The lowest BCUT2D eigenvalue weighted by Gasteiger charge is -2.51. The van der Waals surface area contributed by atoms with Crippen LogP contribution in [0.25, 0.3) is 0 Å². The summed E-state index contributed by atoms with van der Waals surface area (Å²) in [6.07, 6.45) is -0.841. The highest BCUT2D eigenvalue weighted by Crippen LogP contribution is 2.51. The Labute approximate surface area is 138 Å². The van der Waals surface area contributed by atoms with E-state index >= 15 is 0 Å². The van der Waals surface area contributed by atoms with Crippen molar-refractivity contribution in [2.24, 2.45) is 10.8 Å². The predicted molar refractivity (Wildman–Crippen MR) is 80.4 cm³/mol. The highest BCUT2D eigenvalue weighted by molar-refractivity contribution is 5.91. The lowest BCUT2D eigenvalue weighted by atomic mass is 9.57. The summed E-state index contributed by atoms with van der Waals surface area (Å²) >= 11 is 0. The molecule has 1 amide bonds. The van der Waals surface area contributed by atoms with Gasteiger partial charge < -0.3 is 20.1 Å². The number of aliphatic carboxylic acids is 2. The Bertz CT molecular complexity index is 603. The van der Waals surface area contributed by atoms with Crippen molar-refractivity contribution in [3.63, 3.8) is 0 Å². The van der Waals surface area contributed by atoms with Gasteiger partial charge in [0.05, 0.1) is 7.11 Å². The van der Waals surface area contributed by atoms with Gasteiger partial charge in [0.25, 0.3) is 0 Å². The van der Waals surface area contributed by atoms with Crippen LogP contribution in [0.3, 0.4) is 0 Å². The zero-order valence-electron chi connectivity index (χ0n) is 13.9. The molecule has 1 aliphatic rings. The number of rotatable bonds is 3. The van der Waals surface area contributed by atoms with Gasteiger partial charge in [-0.1, -0.05) is 20.8 Å². The smallest absolute Gasteiger partial charge is 0.408 e.